The van der Waals surface area contributed by atoms with Gasteiger partial charge in [-0.1, -0.05) is 29.8 Å². The zero-order chi connectivity index (χ0) is 21.2. The highest BCUT2D eigenvalue weighted by Gasteiger charge is 2.16. The minimum Gasteiger partial charge on any atom is -0.452 e. The molecule has 0 spiro atoms. The summed E-state index contributed by atoms with van der Waals surface area (Å²) in [5.74, 6) is -2.17. The Morgan fingerprint density at radius 3 is 2.38 bits per heavy atom. The van der Waals surface area contributed by atoms with Crippen molar-refractivity contribution in [3.05, 3.63) is 59.7 Å². The van der Waals surface area contributed by atoms with E-state index < -0.39 is 24.4 Å². The summed E-state index contributed by atoms with van der Waals surface area (Å²) in [5, 5.41) is 5.01. The second-order valence-corrected chi connectivity index (χ2v) is 7.04. The lowest BCUT2D eigenvalue weighted by Crippen LogP contribution is -2.36. The number of amides is 3. The number of hydrogen-bond donors (Lipinski definition) is 3. The van der Waals surface area contributed by atoms with Crippen LogP contribution in [-0.4, -0.2) is 42.6 Å². The Kier molecular flexibility index (Phi) is 8.23. The number of esters is 1. The second kappa shape index (κ2) is 10.9. The molecule has 8 nitrogen and oxygen atoms in total. The zero-order valence-corrected chi connectivity index (χ0v) is 16.6. The third-order valence-electron chi connectivity index (χ3n) is 3.60. The fourth-order valence-electron chi connectivity index (χ4n) is 2.18. The van der Waals surface area contributed by atoms with Crippen LogP contribution in [-0.2, 0) is 19.1 Å². The normalized spacial score (nSPS) is 10.1. The molecule has 4 N–H and O–H groups in total. The highest BCUT2D eigenvalue weighted by Crippen LogP contribution is 2.23. The van der Waals surface area contributed by atoms with E-state index in [0.717, 1.165) is 5.56 Å². The van der Waals surface area contributed by atoms with Gasteiger partial charge in [-0.3, -0.25) is 14.4 Å². The first kappa shape index (κ1) is 22.0. The van der Waals surface area contributed by atoms with Crippen LogP contribution in [0.25, 0.3) is 0 Å². The summed E-state index contributed by atoms with van der Waals surface area (Å²) < 4.78 is 4.96. The lowest BCUT2D eigenvalue weighted by Gasteiger charge is -2.10. The van der Waals surface area contributed by atoms with E-state index in [-0.39, 0.29) is 23.8 Å². The predicted molar refractivity (Wildman–Crippen MR) is 109 cm³/mol. The Labute approximate surface area is 172 Å². The molecule has 152 valence electrons. The van der Waals surface area contributed by atoms with E-state index in [4.69, 9.17) is 10.5 Å². The first-order valence-electron chi connectivity index (χ1n) is 8.65. The van der Waals surface area contributed by atoms with Crippen LogP contribution in [0.3, 0.4) is 0 Å². The van der Waals surface area contributed by atoms with Crippen LogP contribution >= 0.6 is 11.8 Å². The van der Waals surface area contributed by atoms with Crippen LogP contribution in [0.15, 0.2) is 53.4 Å². The van der Waals surface area contributed by atoms with Gasteiger partial charge in [-0.05, 0) is 31.2 Å². The maximum Gasteiger partial charge on any atom is 0.339 e. The Morgan fingerprint density at radius 2 is 1.69 bits per heavy atom. The molecule has 0 saturated carbocycles. The summed E-state index contributed by atoms with van der Waals surface area (Å²) in [6.07, 6.45) is 0. The van der Waals surface area contributed by atoms with Gasteiger partial charge in [-0.25, -0.2) is 4.79 Å². The fourth-order valence-corrected chi connectivity index (χ4v) is 3.02. The molecule has 0 atom stereocenters. The van der Waals surface area contributed by atoms with Crippen LogP contribution in [0.2, 0.25) is 0 Å². The third kappa shape index (κ3) is 7.67. The van der Waals surface area contributed by atoms with E-state index in [1.54, 1.807) is 24.3 Å². The van der Waals surface area contributed by atoms with Crippen molar-refractivity contribution < 1.29 is 23.9 Å². The first-order valence-corrected chi connectivity index (χ1v) is 9.64. The van der Waals surface area contributed by atoms with Crippen molar-refractivity contribution >= 4 is 41.1 Å². The molecule has 9 heteroatoms. The van der Waals surface area contributed by atoms with Crippen molar-refractivity contribution in [2.24, 2.45) is 5.73 Å². The van der Waals surface area contributed by atoms with Gasteiger partial charge in [-0.15, -0.1) is 11.8 Å². The molecule has 0 fully saturated rings. The number of anilines is 1. The number of carbonyl (C=O) groups is 4. The van der Waals surface area contributed by atoms with Gasteiger partial charge in [0, 0.05) is 10.6 Å². The molecule has 2 aromatic carbocycles. The average Bonchev–Trinajstić information content (AvgIpc) is 2.70. The van der Waals surface area contributed by atoms with Gasteiger partial charge < -0.3 is 21.1 Å². The summed E-state index contributed by atoms with van der Waals surface area (Å²) in [6, 6.07) is 14.0. The smallest absolute Gasteiger partial charge is 0.339 e. The molecular formula is C20H21N3O5S. The molecule has 0 heterocycles. The summed E-state index contributed by atoms with van der Waals surface area (Å²) >= 11 is 1.18. The van der Waals surface area contributed by atoms with Crippen LogP contribution < -0.4 is 16.4 Å². The number of primary amides is 1. The maximum atomic E-state index is 12.3. The van der Waals surface area contributed by atoms with Crippen LogP contribution in [0.1, 0.15) is 15.9 Å². The van der Waals surface area contributed by atoms with Gasteiger partial charge in [0.1, 0.15) is 0 Å². The van der Waals surface area contributed by atoms with Crippen LogP contribution in [0.5, 0.6) is 0 Å². The SMILES string of the molecule is Cc1ccc(NC(=O)CSc2ccccc2C(=O)OCC(=O)NCC(N)=O)cc1. The highest BCUT2D eigenvalue weighted by atomic mass is 32.2. The van der Waals surface area contributed by atoms with E-state index in [9.17, 15) is 19.2 Å². The fraction of sp³-hybridized carbons (Fsp3) is 0.200. The van der Waals surface area contributed by atoms with Crippen molar-refractivity contribution in [1.82, 2.24) is 5.32 Å². The zero-order valence-electron chi connectivity index (χ0n) is 15.8. The molecule has 0 aliphatic carbocycles. The molecule has 0 aromatic heterocycles. The molecular weight excluding hydrogens is 394 g/mol. The topological polar surface area (TPSA) is 128 Å². The standard InChI is InChI=1S/C20H21N3O5S/c1-13-6-8-14(9-7-13)23-19(26)12-29-16-5-3-2-4-15(16)20(27)28-11-18(25)22-10-17(21)24/h2-9H,10-12H2,1H3,(H2,21,24)(H,22,25)(H,23,26). The van der Waals surface area contributed by atoms with E-state index in [1.807, 2.05) is 31.2 Å². The summed E-state index contributed by atoms with van der Waals surface area (Å²) in [5.41, 5.74) is 6.94. The predicted octanol–water partition coefficient (Wildman–Crippen LogP) is 1.48. The molecule has 2 aromatic rings. The van der Waals surface area contributed by atoms with Crippen molar-refractivity contribution in [3.63, 3.8) is 0 Å². The molecule has 29 heavy (non-hydrogen) atoms. The van der Waals surface area contributed by atoms with E-state index in [1.165, 1.54) is 11.8 Å². The van der Waals surface area contributed by atoms with Crippen molar-refractivity contribution in [2.45, 2.75) is 11.8 Å². The van der Waals surface area contributed by atoms with E-state index >= 15 is 0 Å². The monoisotopic (exact) mass is 415 g/mol. The van der Waals surface area contributed by atoms with Crippen LogP contribution in [0, 0.1) is 6.92 Å². The maximum absolute atomic E-state index is 12.3. The molecule has 0 aliphatic heterocycles. The number of nitrogens with two attached hydrogens (primary N) is 1. The van der Waals surface area contributed by atoms with Gasteiger partial charge in [-0.2, -0.15) is 0 Å². The Balaban J connectivity index is 1.89. The Bertz CT molecular complexity index is 899. The van der Waals surface area contributed by atoms with Gasteiger partial charge in [0.15, 0.2) is 6.61 Å². The van der Waals surface area contributed by atoms with Crippen molar-refractivity contribution in [3.8, 4) is 0 Å². The summed E-state index contributed by atoms with van der Waals surface area (Å²) in [4.78, 5) is 47.1. The first-order chi connectivity index (χ1) is 13.8. The number of nitrogens with one attached hydrogen (secondary N) is 2. The molecule has 0 radical (unpaired) electrons. The lowest BCUT2D eigenvalue weighted by molar-refractivity contribution is -0.127. The number of thioether (sulfide) groups is 1. The summed E-state index contributed by atoms with van der Waals surface area (Å²) in [7, 11) is 0. The number of ether oxygens (including phenoxy) is 1. The number of hydrogen-bond acceptors (Lipinski definition) is 6. The van der Waals surface area contributed by atoms with Crippen molar-refractivity contribution in [2.75, 3.05) is 24.2 Å². The second-order valence-electron chi connectivity index (χ2n) is 6.02. The molecule has 3 amide bonds. The largest absolute Gasteiger partial charge is 0.452 e. The summed E-state index contributed by atoms with van der Waals surface area (Å²) in [6.45, 7) is 1.08. The molecule has 0 aliphatic rings. The van der Waals surface area contributed by atoms with E-state index in [0.29, 0.717) is 10.6 Å². The van der Waals surface area contributed by atoms with Gasteiger partial charge in [0.05, 0.1) is 17.9 Å². The van der Waals surface area contributed by atoms with Gasteiger partial charge in [0.2, 0.25) is 11.8 Å². The quantitative estimate of drug-likeness (QED) is 0.420. The highest BCUT2D eigenvalue weighted by molar-refractivity contribution is 8.00. The average molecular weight is 415 g/mol. The van der Waals surface area contributed by atoms with Gasteiger partial charge >= 0.3 is 5.97 Å². The minimum absolute atomic E-state index is 0.0945. The number of carbonyl (C=O) groups excluding carboxylic acids is 4. The van der Waals surface area contributed by atoms with Gasteiger partial charge in [0.25, 0.3) is 5.91 Å². The number of aryl methyl sites for hydroxylation is 1. The number of rotatable bonds is 9. The lowest BCUT2D eigenvalue weighted by atomic mass is 10.2. The van der Waals surface area contributed by atoms with E-state index in [2.05, 4.69) is 10.6 Å². The van der Waals surface area contributed by atoms with Crippen LogP contribution in [0.4, 0.5) is 5.69 Å². The molecule has 0 bridgehead atoms. The Morgan fingerprint density at radius 1 is 1.00 bits per heavy atom. The molecule has 0 unspecified atom stereocenters. The van der Waals surface area contributed by atoms with Crippen molar-refractivity contribution in [1.29, 1.82) is 0 Å². The minimum atomic E-state index is -0.707. The third-order valence-corrected chi connectivity index (χ3v) is 4.67. The Hall–Kier alpha value is -3.33. The molecule has 0 saturated heterocycles. The number of benzene rings is 2. The molecule has 2 rings (SSSR count).